The summed E-state index contributed by atoms with van der Waals surface area (Å²) in [6.07, 6.45) is 3.44. The van der Waals surface area contributed by atoms with Crippen molar-refractivity contribution in [1.82, 2.24) is 10.6 Å². The zero-order valence-electron chi connectivity index (χ0n) is 6.85. The molecule has 0 aromatic rings. The molecular formula is C8H17N2. The standard InChI is InChI=1S/C8H17N2/c1-3-7-5-9-6-8(4-2)10-7/h3,7-10H,4-6H2,1-2H3. The molecule has 1 rings (SSSR count). The van der Waals surface area contributed by atoms with Crippen molar-refractivity contribution in [3.63, 3.8) is 0 Å². The lowest BCUT2D eigenvalue weighted by atomic mass is 10.1. The van der Waals surface area contributed by atoms with E-state index in [4.69, 9.17) is 0 Å². The Hall–Kier alpha value is -0.0800. The van der Waals surface area contributed by atoms with E-state index in [1.54, 1.807) is 0 Å². The van der Waals surface area contributed by atoms with Gasteiger partial charge >= 0.3 is 0 Å². The Bertz CT molecular complexity index is 83.3. The van der Waals surface area contributed by atoms with Gasteiger partial charge in [0.2, 0.25) is 0 Å². The molecule has 0 aliphatic carbocycles. The van der Waals surface area contributed by atoms with Crippen molar-refractivity contribution in [3.05, 3.63) is 6.42 Å². The number of piperazine rings is 1. The molecular weight excluding hydrogens is 124 g/mol. The summed E-state index contributed by atoms with van der Waals surface area (Å²) in [5, 5.41) is 6.93. The summed E-state index contributed by atoms with van der Waals surface area (Å²) < 4.78 is 0. The fourth-order valence-electron chi connectivity index (χ4n) is 1.31. The largest absolute Gasteiger partial charge is 0.314 e. The fourth-order valence-corrected chi connectivity index (χ4v) is 1.31. The van der Waals surface area contributed by atoms with Gasteiger partial charge in [0.05, 0.1) is 0 Å². The third-order valence-electron chi connectivity index (χ3n) is 2.10. The first-order chi connectivity index (χ1) is 4.86. The summed E-state index contributed by atoms with van der Waals surface area (Å²) >= 11 is 0. The average molecular weight is 141 g/mol. The Balaban J connectivity index is 2.25. The fraction of sp³-hybridized carbons (Fsp3) is 0.875. The smallest absolute Gasteiger partial charge is 0.0224 e. The molecule has 0 bridgehead atoms. The molecule has 2 N–H and O–H groups in total. The minimum Gasteiger partial charge on any atom is -0.314 e. The molecule has 1 saturated heterocycles. The molecule has 1 aliphatic rings. The normalized spacial score (nSPS) is 34.2. The van der Waals surface area contributed by atoms with E-state index >= 15 is 0 Å². The summed E-state index contributed by atoms with van der Waals surface area (Å²) in [6.45, 7) is 6.54. The van der Waals surface area contributed by atoms with E-state index in [1.807, 2.05) is 0 Å². The van der Waals surface area contributed by atoms with Gasteiger partial charge in [-0.1, -0.05) is 13.8 Å². The van der Waals surface area contributed by atoms with Crippen LogP contribution in [0.3, 0.4) is 0 Å². The van der Waals surface area contributed by atoms with E-state index in [0.29, 0.717) is 12.1 Å². The van der Waals surface area contributed by atoms with Gasteiger partial charge in [-0.15, -0.1) is 0 Å². The van der Waals surface area contributed by atoms with E-state index in [-0.39, 0.29) is 0 Å². The minimum absolute atomic E-state index is 0.582. The first kappa shape index (κ1) is 8.02. The molecule has 1 fully saturated rings. The minimum atomic E-state index is 0.582. The summed E-state index contributed by atoms with van der Waals surface area (Å²) in [5.74, 6) is 0. The van der Waals surface area contributed by atoms with Crippen LogP contribution in [0.15, 0.2) is 0 Å². The van der Waals surface area contributed by atoms with Gasteiger partial charge in [-0.2, -0.15) is 0 Å². The molecule has 0 amide bonds. The van der Waals surface area contributed by atoms with Crippen molar-refractivity contribution < 1.29 is 0 Å². The summed E-state index contributed by atoms with van der Waals surface area (Å²) in [5.41, 5.74) is 0. The number of hydrogen-bond acceptors (Lipinski definition) is 2. The monoisotopic (exact) mass is 141 g/mol. The van der Waals surface area contributed by atoms with Gasteiger partial charge in [0.1, 0.15) is 0 Å². The van der Waals surface area contributed by atoms with Gasteiger partial charge in [0.25, 0.3) is 0 Å². The number of nitrogens with one attached hydrogen (secondary N) is 2. The molecule has 0 aromatic heterocycles. The highest BCUT2D eigenvalue weighted by molar-refractivity contribution is 4.89. The Morgan fingerprint density at radius 2 is 2.30 bits per heavy atom. The van der Waals surface area contributed by atoms with Crippen LogP contribution in [0.1, 0.15) is 20.3 Å². The third kappa shape index (κ3) is 1.96. The molecule has 0 saturated carbocycles. The molecule has 2 nitrogen and oxygen atoms in total. The topological polar surface area (TPSA) is 24.1 Å². The lowest BCUT2D eigenvalue weighted by molar-refractivity contribution is 0.355. The van der Waals surface area contributed by atoms with Crippen LogP contribution in [0.4, 0.5) is 0 Å². The summed E-state index contributed by atoms with van der Waals surface area (Å²) in [4.78, 5) is 0. The molecule has 1 radical (unpaired) electrons. The maximum atomic E-state index is 3.53. The second-order valence-corrected chi connectivity index (χ2v) is 2.87. The number of hydrogen-bond donors (Lipinski definition) is 2. The van der Waals surface area contributed by atoms with Crippen LogP contribution in [0.5, 0.6) is 0 Å². The zero-order chi connectivity index (χ0) is 7.40. The van der Waals surface area contributed by atoms with Gasteiger partial charge in [-0.05, 0) is 12.8 Å². The Labute approximate surface area is 63.4 Å². The molecule has 0 aromatic carbocycles. The van der Waals surface area contributed by atoms with Crippen LogP contribution < -0.4 is 10.6 Å². The van der Waals surface area contributed by atoms with Crippen LogP contribution in [0.25, 0.3) is 0 Å². The summed E-state index contributed by atoms with van der Waals surface area (Å²) in [6, 6.07) is 1.26. The van der Waals surface area contributed by atoms with Gasteiger partial charge in [-0.25, -0.2) is 0 Å². The zero-order valence-corrected chi connectivity index (χ0v) is 6.85. The molecule has 2 unspecified atom stereocenters. The first-order valence-electron chi connectivity index (χ1n) is 4.13. The molecule has 10 heavy (non-hydrogen) atoms. The van der Waals surface area contributed by atoms with Crippen LogP contribution in [-0.2, 0) is 0 Å². The molecule has 2 heteroatoms. The molecule has 1 heterocycles. The van der Waals surface area contributed by atoms with Crippen molar-refractivity contribution in [2.24, 2.45) is 0 Å². The van der Waals surface area contributed by atoms with E-state index < -0.39 is 0 Å². The van der Waals surface area contributed by atoms with Crippen LogP contribution in [0, 0.1) is 6.42 Å². The Morgan fingerprint density at radius 3 is 2.90 bits per heavy atom. The van der Waals surface area contributed by atoms with Crippen molar-refractivity contribution in [1.29, 1.82) is 0 Å². The summed E-state index contributed by atoms with van der Waals surface area (Å²) in [7, 11) is 0. The maximum absolute atomic E-state index is 3.53. The quantitative estimate of drug-likeness (QED) is 0.587. The highest BCUT2D eigenvalue weighted by atomic mass is 15.1. The third-order valence-corrected chi connectivity index (χ3v) is 2.10. The Morgan fingerprint density at radius 1 is 1.50 bits per heavy atom. The highest BCUT2D eigenvalue weighted by Gasteiger charge is 2.16. The van der Waals surface area contributed by atoms with E-state index in [9.17, 15) is 0 Å². The van der Waals surface area contributed by atoms with Crippen LogP contribution in [-0.4, -0.2) is 25.2 Å². The van der Waals surface area contributed by atoms with Gasteiger partial charge in [-0.3, -0.25) is 0 Å². The Kier molecular flexibility index (Phi) is 3.16. The van der Waals surface area contributed by atoms with Crippen molar-refractivity contribution in [3.8, 4) is 0 Å². The molecule has 0 spiro atoms. The van der Waals surface area contributed by atoms with E-state index in [0.717, 1.165) is 13.1 Å². The highest BCUT2D eigenvalue weighted by Crippen LogP contribution is 1.99. The number of rotatable bonds is 2. The van der Waals surface area contributed by atoms with Gasteiger partial charge < -0.3 is 10.6 Å². The molecule has 1 aliphatic heterocycles. The second-order valence-electron chi connectivity index (χ2n) is 2.87. The van der Waals surface area contributed by atoms with E-state index in [2.05, 4.69) is 30.9 Å². The molecule has 2 atom stereocenters. The van der Waals surface area contributed by atoms with Crippen molar-refractivity contribution >= 4 is 0 Å². The van der Waals surface area contributed by atoms with E-state index in [1.165, 1.54) is 6.42 Å². The van der Waals surface area contributed by atoms with Gasteiger partial charge in [0, 0.05) is 25.2 Å². The van der Waals surface area contributed by atoms with Crippen LogP contribution in [0.2, 0.25) is 0 Å². The average Bonchev–Trinajstić information content (AvgIpc) is 2.05. The van der Waals surface area contributed by atoms with Gasteiger partial charge in [0.15, 0.2) is 0 Å². The van der Waals surface area contributed by atoms with Crippen LogP contribution >= 0.6 is 0 Å². The predicted octanol–water partition coefficient (Wildman–Crippen LogP) is 0.551. The lowest BCUT2D eigenvalue weighted by Crippen LogP contribution is -2.54. The first-order valence-corrected chi connectivity index (χ1v) is 4.13. The van der Waals surface area contributed by atoms with Crippen molar-refractivity contribution in [2.75, 3.05) is 13.1 Å². The second kappa shape index (κ2) is 3.94. The molecule has 59 valence electrons. The van der Waals surface area contributed by atoms with Crippen molar-refractivity contribution in [2.45, 2.75) is 32.4 Å². The maximum Gasteiger partial charge on any atom is 0.0224 e. The lowest BCUT2D eigenvalue weighted by Gasteiger charge is -2.30. The predicted molar refractivity (Wildman–Crippen MR) is 43.8 cm³/mol. The SMILES string of the molecule is C[CH]C1CNCC(CC)N1.